The smallest absolute Gasteiger partial charge is 0.387 e. The molecule has 0 aliphatic heterocycles. The van der Waals surface area contributed by atoms with Gasteiger partial charge in [-0.25, -0.2) is 4.79 Å². The molecule has 1 amide bonds. The number of amides is 1. The number of fused-ring (bicyclic) bond motifs is 1. The summed E-state index contributed by atoms with van der Waals surface area (Å²) in [7, 11) is 0. The number of benzene rings is 2. The van der Waals surface area contributed by atoms with Crippen molar-refractivity contribution in [2.45, 2.75) is 92.4 Å². The SMILES string of the molecule is CCCC[N+](Oc1ccccc1)(C(=O)C1(C(C)(C)CC)C=C(OC(F)F)c2ccccc2C1O)C(C)(C)CC. The molecule has 0 fully saturated rings. The van der Waals surface area contributed by atoms with E-state index in [2.05, 4.69) is 0 Å². The van der Waals surface area contributed by atoms with Gasteiger partial charge in [-0.1, -0.05) is 88.2 Å². The molecule has 0 radical (unpaired) electrons. The summed E-state index contributed by atoms with van der Waals surface area (Å²) < 4.78 is 32.1. The van der Waals surface area contributed by atoms with Gasteiger partial charge in [-0.2, -0.15) is 8.78 Å². The molecule has 214 valence electrons. The minimum Gasteiger partial charge on any atom is -0.434 e. The quantitative estimate of drug-likeness (QED) is 0.217. The van der Waals surface area contributed by atoms with Crippen LogP contribution in [-0.4, -0.2) is 34.4 Å². The highest BCUT2D eigenvalue weighted by Gasteiger charge is 2.68. The van der Waals surface area contributed by atoms with Crippen LogP contribution in [-0.2, 0) is 9.53 Å². The van der Waals surface area contributed by atoms with E-state index in [-0.39, 0.29) is 11.7 Å². The van der Waals surface area contributed by atoms with E-state index in [1.54, 1.807) is 24.3 Å². The summed E-state index contributed by atoms with van der Waals surface area (Å²) in [6.45, 7) is 11.0. The number of quaternary nitrogens is 1. The first-order valence-corrected chi connectivity index (χ1v) is 14.0. The molecule has 0 saturated heterocycles. The fourth-order valence-electron chi connectivity index (χ4n) is 5.57. The zero-order valence-corrected chi connectivity index (χ0v) is 24.3. The Morgan fingerprint density at radius 1 is 1.00 bits per heavy atom. The highest BCUT2D eigenvalue weighted by molar-refractivity contribution is 5.86. The van der Waals surface area contributed by atoms with Gasteiger partial charge in [0, 0.05) is 18.4 Å². The second-order valence-corrected chi connectivity index (χ2v) is 11.7. The Balaban J connectivity index is 2.43. The number of ether oxygens (including phenoxy) is 1. The molecule has 2 aromatic rings. The van der Waals surface area contributed by atoms with E-state index in [1.807, 2.05) is 78.8 Å². The first-order chi connectivity index (χ1) is 18.3. The van der Waals surface area contributed by atoms with Crippen molar-refractivity contribution < 1.29 is 32.9 Å². The first-order valence-electron chi connectivity index (χ1n) is 14.0. The van der Waals surface area contributed by atoms with Crippen molar-refractivity contribution in [1.82, 2.24) is 0 Å². The lowest BCUT2D eigenvalue weighted by Gasteiger charge is -2.54. The molecule has 3 atom stereocenters. The number of hydrogen-bond donors (Lipinski definition) is 1. The van der Waals surface area contributed by atoms with Crippen LogP contribution in [0.15, 0.2) is 60.7 Å². The molecule has 39 heavy (non-hydrogen) atoms. The van der Waals surface area contributed by atoms with E-state index < -0.39 is 33.7 Å². The summed E-state index contributed by atoms with van der Waals surface area (Å²) in [5.41, 5.74) is -2.50. The molecule has 3 rings (SSSR count). The van der Waals surface area contributed by atoms with E-state index in [0.717, 1.165) is 6.42 Å². The summed E-state index contributed by atoms with van der Waals surface area (Å²) >= 11 is 0. The predicted octanol–water partition coefficient (Wildman–Crippen LogP) is 8.06. The lowest BCUT2D eigenvalue weighted by atomic mass is 9.56. The molecule has 2 aromatic carbocycles. The molecule has 1 aliphatic rings. The van der Waals surface area contributed by atoms with E-state index >= 15 is 4.79 Å². The lowest BCUT2D eigenvalue weighted by molar-refractivity contribution is -1.05. The van der Waals surface area contributed by atoms with Crippen LogP contribution >= 0.6 is 0 Å². The Labute approximate surface area is 232 Å². The molecule has 0 bridgehead atoms. The fraction of sp³-hybridized carbons (Fsp3) is 0.531. The van der Waals surface area contributed by atoms with Crippen molar-refractivity contribution in [3.63, 3.8) is 0 Å². The average Bonchev–Trinajstić information content (AvgIpc) is 2.92. The third-order valence-electron chi connectivity index (χ3n) is 8.89. The number of hydrogen-bond acceptors (Lipinski definition) is 4. The number of rotatable bonds is 12. The summed E-state index contributed by atoms with van der Waals surface area (Å²) in [4.78, 5) is 22.3. The molecule has 0 heterocycles. The van der Waals surface area contributed by atoms with Crippen LogP contribution in [0.25, 0.3) is 5.76 Å². The second-order valence-electron chi connectivity index (χ2n) is 11.7. The molecule has 1 aliphatic carbocycles. The van der Waals surface area contributed by atoms with Crippen molar-refractivity contribution in [2.24, 2.45) is 10.8 Å². The molecule has 5 nitrogen and oxygen atoms in total. The number of nitrogens with zero attached hydrogens (tertiary/aromatic N) is 1. The Morgan fingerprint density at radius 3 is 2.18 bits per heavy atom. The lowest BCUT2D eigenvalue weighted by Crippen LogP contribution is -2.72. The van der Waals surface area contributed by atoms with Gasteiger partial charge in [0.15, 0.2) is 5.75 Å². The van der Waals surface area contributed by atoms with Gasteiger partial charge >= 0.3 is 12.5 Å². The Bertz CT molecular complexity index is 1160. The van der Waals surface area contributed by atoms with E-state index in [1.165, 1.54) is 6.08 Å². The van der Waals surface area contributed by atoms with Crippen LogP contribution < -0.4 is 4.84 Å². The highest BCUT2D eigenvalue weighted by atomic mass is 19.3. The first kappa shape index (κ1) is 30.8. The molecule has 3 unspecified atom stereocenters. The van der Waals surface area contributed by atoms with Crippen LogP contribution in [0.4, 0.5) is 8.78 Å². The molecule has 1 N–H and O–H groups in total. The summed E-state index contributed by atoms with van der Waals surface area (Å²) in [5.74, 6) is 0.0333. The number of aliphatic hydroxyl groups excluding tert-OH is 1. The molecular formula is C32H44F2NO4+. The third-order valence-corrected chi connectivity index (χ3v) is 8.89. The van der Waals surface area contributed by atoms with Crippen LogP contribution in [0, 0.1) is 10.8 Å². The normalized spacial score (nSPS) is 21.1. The van der Waals surface area contributed by atoms with Gasteiger partial charge in [-0.3, -0.25) is 0 Å². The topological polar surface area (TPSA) is 55.8 Å². The van der Waals surface area contributed by atoms with Crippen LogP contribution in [0.5, 0.6) is 5.75 Å². The fourth-order valence-corrected chi connectivity index (χ4v) is 5.57. The van der Waals surface area contributed by atoms with Gasteiger partial charge in [-0.05, 0) is 49.5 Å². The van der Waals surface area contributed by atoms with Crippen LogP contribution in [0.2, 0.25) is 0 Å². The van der Waals surface area contributed by atoms with Crippen molar-refractivity contribution in [3.05, 3.63) is 71.8 Å². The monoisotopic (exact) mass is 544 g/mol. The summed E-state index contributed by atoms with van der Waals surface area (Å²) in [6, 6.07) is 15.9. The molecular weight excluding hydrogens is 500 g/mol. The predicted molar refractivity (Wildman–Crippen MR) is 149 cm³/mol. The Kier molecular flexibility index (Phi) is 9.28. The van der Waals surface area contributed by atoms with Gasteiger partial charge in [0.1, 0.15) is 29.4 Å². The minimum absolute atomic E-state index is 0.108. The maximum Gasteiger partial charge on any atom is 0.387 e. The van der Waals surface area contributed by atoms with Gasteiger partial charge in [0.2, 0.25) is 0 Å². The molecule has 7 heteroatoms. The largest absolute Gasteiger partial charge is 0.434 e. The third kappa shape index (κ3) is 5.36. The Hall–Kier alpha value is -2.77. The van der Waals surface area contributed by atoms with Crippen molar-refractivity contribution in [1.29, 1.82) is 0 Å². The highest BCUT2D eigenvalue weighted by Crippen LogP contribution is 2.59. The maximum atomic E-state index is 15.5. The van der Waals surface area contributed by atoms with Gasteiger partial charge in [0.05, 0.1) is 0 Å². The van der Waals surface area contributed by atoms with Crippen LogP contribution in [0.1, 0.15) is 91.4 Å². The average molecular weight is 545 g/mol. The van der Waals surface area contributed by atoms with E-state index in [9.17, 15) is 13.9 Å². The standard InChI is InChI=1S/C32H44F2NO4/c1-8-11-21-35(31(6,7)10-3,39-23-17-13-12-14-18-23)28(37)32(30(4,5)9-2)22-26(38-29(33)34)24-19-15-16-20-25(24)27(32)36/h12-20,22,27,29,36H,8-11,21H2,1-7H3/q+1. The number of carbonyl (C=O) groups excluding carboxylic acids is 1. The van der Waals surface area contributed by atoms with E-state index in [0.29, 0.717) is 42.7 Å². The van der Waals surface area contributed by atoms with Gasteiger partial charge < -0.3 is 14.7 Å². The number of carbonyl (C=O) groups is 1. The zero-order valence-electron chi connectivity index (χ0n) is 24.3. The number of para-hydroxylation sites is 1. The molecule has 0 saturated carbocycles. The van der Waals surface area contributed by atoms with Crippen molar-refractivity contribution in [3.8, 4) is 5.75 Å². The number of aliphatic hydroxyl groups is 1. The second kappa shape index (κ2) is 11.8. The number of halogens is 2. The summed E-state index contributed by atoms with van der Waals surface area (Å²) in [6.07, 6.45) is 2.72. The van der Waals surface area contributed by atoms with E-state index in [4.69, 9.17) is 9.57 Å². The molecule has 0 aromatic heterocycles. The zero-order chi connectivity index (χ0) is 29.1. The Morgan fingerprint density at radius 2 is 1.62 bits per heavy atom. The summed E-state index contributed by atoms with van der Waals surface area (Å²) in [5, 5.41) is 12.2. The van der Waals surface area contributed by atoms with Gasteiger partial charge in [0.25, 0.3) is 0 Å². The van der Waals surface area contributed by atoms with Crippen molar-refractivity contribution in [2.75, 3.05) is 6.54 Å². The minimum atomic E-state index is -3.09. The van der Waals surface area contributed by atoms with Crippen LogP contribution in [0.3, 0.4) is 0 Å². The molecule has 0 spiro atoms. The van der Waals surface area contributed by atoms with Gasteiger partial charge in [-0.15, -0.1) is 0 Å². The number of unbranched alkanes of at least 4 members (excludes halogenated alkanes) is 1. The number of hydroxylamine groups is 3. The number of alkyl halides is 2. The van der Waals surface area contributed by atoms with Crippen molar-refractivity contribution >= 4 is 11.7 Å². The maximum absolute atomic E-state index is 15.5.